The molecule has 0 spiro atoms. The molecule has 5 heteroatoms. The normalized spacial score (nSPS) is 14.8. The molecule has 1 saturated heterocycles. The van der Waals surface area contributed by atoms with Crippen molar-refractivity contribution in [3.05, 3.63) is 23.8 Å². The molecule has 0 atom stereocenters. The number of hydrogen-bond acceptors (Lipinski definition) is 3. The van der Waals surface area contributed by atoms with Crippen LogP contribution in [0.3, 0.4) is 0 Å². The summed E-state index contributed by atoms with van der Waals surface area (Å²) in [4.78, 5) is 24.1. The summed E-state index contributed by atoms with van der Waals surface area (Å²) in [6.07, 6.45) is 1.94. The quantitative estimate of drug-likeness (QED) is 0.880. The second-order valence-corrected chi connectivity index (χ2v) is 4.55. The topological polar surface area (TPSA) is 66.8 Å². The maximum Gasteiger partial charge on any atom is 0.303 e. The zero-order chi connectivity index (χ0) is 13.8. The number of aliphatic carboxylic acids is 1. The maximum absolute atomic E-state index is 11.8. The summed E-state index contributed by atoms with van der Waals surface area (Å²) < 4.78 is 5.28. The third-order valence-electron chi connectivity index (χ3n) is 3.24. The molecule has 1 N–H and O–H groups in total. The molecular weight excluding hydrogens is 246 g/mol. The van der Waals surface area contributed by atoms with E-state index in [0.717, 1.165) is 17.7 Å². The van der Waals surface area contributed by atoms with E-state index >= 15 is 0 Å². The van der Waals surface area contributed by atoms with E-state index in [1.54, 1.807) is 18.1 Å². The monoisotopic (exact) mass is 263 g/mol. The van der Waals surface area contributed by atoms with E-state index in [1.807, 2.05) is 12.1 Å². The smallest absolute Gasteiger partial charge is 0.303 e. The Labute approximate surface area is 111 Å². The lowest BCUT2D eigenvalue weighted by Gasteiger charge is -2.19. The highest BCUT2D eigenvalue weighted by atomic mass is 16.5. The van der Waals surface area contributed by atoms with Crippen molar-refractivity contribution in [2.45, 2.75) is 25.7 Å². The first-order chi connectivity index (χ1) is 9.11. The van der Waals surface area contributed by atoms with Gasteiger partial charge in [-0.25, -0.2) is 0 Å². The Hall–Kier alpha value is -2.04. The van der Waals surface area contributed by atoms with Crippen LogP contribution in [0.25, 0.3) is 0 Å². The minimum absolute atomic E-state index is 0.0831. The van der Waals surface area contributed by atoms with Crippen LogP contribution < -0.4 is 9.64 Å². The van der Waals surface area contributed by atoms with Crippen molar-refractivity contribution in [1.29, 1.82) is 0 Å². The third-order valence-corrected chi connectivity index (χ3v) is 3.24. The number of aryl methyl sites for hydroxylation is 1. The van der Waals surface area contributed by atoms with E-state index in [-0.39, 0.29) is 12.3 Å². The molecule has 1 aliphatic heterocycles. The number of benzene rings is 1. The Morgan fingerprint density at radius 1 is 1.47 bits per heavy atom. The number of nitrogens with zero attached hydrogens (tertiary/aromatic N) is 1. The van der Waals surface area contributed by atoms with Gasteiger partial charge in [0.1, 0.15) is 5.75 Å². The molecule has 1 aromatic carbocycles. The van der Waals surface area contributed by atoms with Crippen molar-refractivity contribution in [3.8, 4) is 5.75 Å². The van der Waals surface area contributed by atoms with Crippen LogP contribution in [0.2, 0.25) is 0 Å². The predicted molar refractivity (Wildman–Crippen MR) is 70.5 cm³/mol. The predicted octanol–water partition coefficient (Wildman–Crippen LogP) is 1.84. The SMILES string of the molecule is COc1ccc(CCC(=O)O)cc1N1CCCC1=O. The van der Waals surface area contributed by atoms with Crippen LogP contribution in [0.1, 0.15) is 24.8 Å². The summed E-state index contributed by atoms with van der Waals surface area (Å²) in [5.74, 6) is -0.0855. The Kier molecular flexibility index (Phi) is 4.04. The summed E-state index contributed by atoms with van der Waals surface area (Å²) in [5.41, 5.74) is 1.64. The van der Waals surface area contributed by atoms with Gasteiger partial charge in [0.25, 0.3) is 0 Å². The highest BCUT2D eigenvalue weighted by Gasteiger charge is 2.24. The zero-order valence-electron chi connectivity index (χ0n) is 10.9. The molecule has 0 aliphatic carbocycles. The standard InChI is InChI=1S/C14H17NO4/c1-19-12-6-4-10(5-7-14(17)18)9-11(12)15-8-2-3-13(15)16/h4,6,9H,2-3,5,7-8H2,1H3,(H,17,18). The molecule has 0 aromatic heterocycles. The Morgan fingerprint density at radius 3 is 2.84 bits per heavy atom. The molecule has 1 aromatic rings. The van der Waals surface area contributed by atoms with Gasteiger partial charge in [-0.15, -0.1) is 0 Å². The number of amides is 1. The Balaban J connectivity index is 2.25. The van der Waals surface area contributed by atoms with Gasteiger partial charge < -0.3 is 14.7 Å². The number of anilines is 1. The van der Waals surface area contributed by atoms with Crippen LogP contribution in [-0.4, -0.2) is 30.6 Å². The first-order valence-electron chi connectivity index (χ1n) is 6.31. The average Bonchev–Trinajstić information content (AvgIpc) is 2.82. The Morgan fingerprint density at radius 2 is 2.26 bits per heavy atom. The second-order valence-electron chi connectivity index (χ2n) is 4.55. The first-order valence-corrected chi connectivity index (χ1v) is 6.31. The van der Waals surface area contributed by atoms with Gasteiger partial charge in [-0.05, 0) is 30.5 Å². The summed E-state index contributed by atoms with van der Waals surface area (Å²) in [5, 5.41) is 8.71. The molecule has 102 valence electrons. The van der Waals surface area contributed by atoms with Gasteiger partial charge >= 0.3 is 5.97 Å². The molecule has 2 rings (SSSR count). The fraction of sp³-hybridized carbons (Fsp3) is 0.429. The highest BCUT2D eigenvalue weighted by Crippen LogP contribution is 2.32. The second kappa shape index (κ2) is 5.73. The van der Waals surface area contributed by atoms with Gasteiger partial charge in [0.05, 0.1) is 12.8 Å². The van der Waals surface area contributed by atoms with E-state index in [9.17, 15) is 9.59 Å². The van der Waals surface area contributed by atoms with Crippen molar-refractivity contribution in [1.82, 2.24) is 0 Å². The molecule has 0 bridgehead atoms. The number of methoxy groups -OCH3 is 1. The lowest BCUT2D eigenvalue weighted by molar-refractivity contribution is -0.137. The van der Waals surface area contributed by atoms with Gasteiger partial charge in [-0.1, -0.05) is 6.07 Å². The van der Waals surface area contributed by atoms with E-state index in [2.05, 4.69) is 0 Å². The number of hydrogen-bond donors (Lipinski definition) is 1. The molecule has 1 amide bonds. The number of carbonyl (C=O) groups is 2. The fourth-order valence-corrected chi connectivity index (χ4v) is 2.26. The molecule has 1 fully saturated rings. The average molecular weight is 263 g/mol. The summed E-state index contributed by atoms with van der Waals surface area (Å²) in [6, 6.07) is 5.48. The van der Waals surface area contributed by atoms with Crippen LogP contribution in [0, 0.1) is 0 Å². The lowest BCUT2D eigenvalue weighted by Crippen LogP contribution is -2.24. The molecule has 0 unspecified atom stereocenters. The van der Waals surface area contributed by atoms with E-state index in [0.29, 0.717) is 25.1 Å². The van der Waals surface area contributed by atoms with Crippen molar-refractivity contribution in [2.75, 3.05) is 18.6 Å². The number of carbonyl (C=O) groups excluding carboxylic acids is 1. The number of rotatable bonds is 5. The van der Waals surface area contributed by atoms with E-state index in [1.165, 1.54) is 0 Å². The zero-order valence-corrected chi connectivity index (χ0v) is 10.9. The van der Waals surface area contributed by atoms with Crippen molar-refractivity contribution < 1.29 is 19.4 Å². The first kappa shape index (κ1) is 13.4. The van der Waals surface area contributed by atoms with Crippen molar-refractivity contribution in [2.24, 2.45) is 0 Å². The molecule has 5 nitrogen and oxygen atoms in total. The molecular formula is C14H17NO4. The van der Waals surface area contributed by atoms with Gasteiger partial charge in [0, 0.05) is 19.4 Å². The molecule has 0 saturated carbocycles. The largest absolute Gasteiger partial charge is 0.495 e. The van der Waals surface area contributed by atoms with E-state index < -0.39 is 5.97 Å². The minimum Gasteiger partial charge on any atom is -0.495 e. The van der Waals surface area contributed by atoms with Crippen LogP contribution in [0.15, 0.2) is 18.2 Å². The number of carboxylic acid groups (broad SMARTS) is 1. The van der Waals surface area contributed by atoms with Gasteiger partial charge in [-0.3, -0.25) is 9.59 Å². The van der Waals surface area contributed by atoms with Crippen LogP contribution in [0.5, 0.6) is 5.75 Å². The molecule has 0 radical (unpaired) electrons. The summed E-state index contributed by atoms with van der Waals surface area (Å²) in [7, 11) is 1.57. The van der Waals surface area contributed by atoms with Crippen LogP contribution >= 0.6 is 0 Å². The highest BCUT2D eigenvalue weighted by molar-refractivity contribution is 5.96. The molecule has 1 aliphatic rings. The number of ether oxygens (including phenoxy) is 1. The van der Waals surface area contributed by atoms with Gasteiger partial charge in [-0.2, -0.15) is 0 Å². The van der Waals surface area contributed by atoms with Gasteiger partial charge in [0.2, 0.25) is 5.91 Å². The number of carboxylic acids is 1. The molecule has 1 heterocycles. The van der Waals surface area contributed by atoms with Crippen LogP contribution in [0.4, 0.5) is 5.69 Å². The lowest BCUT2D eigenvalue weighted by atomic mass is 10.1. The summed E-state index contributed by atoms with van der Waals surface area (Å²) in [6.45, 7) is 0.692. The fourth-order valence-electron chi connectivity index (χ4n) is 2.26. The van der Waals surface area contributed by atoms with Crippen molar-refractivity contribution in [3.63, 3.8) is 0 Å². The van der Waals surface area contributed by atoms with Crippen molar-refractivity contribution >= 4 is 17.6 Å². The van der Waals surface area contributed by atoms with E-state index in [4.69, 9.17) is 9.84 Å². The summed E-state index contributed by atoms with van der Waals surface area (Å²) >= 11 is 0. The minimum atomic E-state index is -0.824. The molecule has 19 heavy (non-hydrogen) atoms. The third kappa shape index (κ3) is 3.05. The van der Waals surface area contributed by atoms with Crippen LogP contribution in [-0.2, 0) is 16.0 Å². The Bertz CT molecular complexity index is 498. The van der Waals surface area contributed by atoms with Gasteiger partial charge in [0.15, 0.2) is 0 Å². The maximum atomic E-state index is 11.8.